The summed E-state index contributed by atoms with van der Waals surface area (Å²) in [4.78, 5) is 13.2. The Morgan fingerprint density at radius 3 is 2.48 bits per heavy atom. The number of carbonyl (C=O) groups is 1. The molecule has 1 aromatic carbocycles. The first-order valence-corrected chi connectivity index (χ1v) is 10.0. The standard InChI is InChI=1S/C24H27N3O2/c1-5-29-22(28)24(14-26)20(16-9-7-6-8-10-16)19-15(2)11-23(3,4)12-17(19)18(13-25)21(24)27/h6-10,15,20H,5,11-12,27H2,1-4H3/t15-,20-,24+/m1/s1. The van der Waals surface area contributed by atoms with Crippen molar-refractivity contribution in [2.24, 2.45) is 22.5 Å². The molecule has 0 spiro atoms. The maximum atomic E-state index is 13.2. The van der Waals surface area contributed by atoms with Gasteiger partial charge in [0.05, 0.1) is 23.9 Å². The monoisotopic (exact) mass is 389 g/mol. The number of nitriles is 2. The summed E-state index contributed by atoms with van der Waals surface area (Å²) in [7, 11) is 0. The molecule has 150 valence electrons. The van der Waals surface area contributed by atoms with Crippen molar-refractivity contribution >= 4 is 5.97 Å². The van der Waals surface area contributed by atoms with E-state index in [1.54, 1.807) is 6.92 Å². The molecule has 0 bridgehead atoms. The normalized spacial score (nSPS) is 28.2. The molecular formula is C24H27N3O2. The van der Waals surface area contributed by atoms with Crippen LogP contribution in [0.5, 0.6) is 0 Å². The van der Waals surface area contributed by atoms with Crippen molar-refractivity contribution in [3.63, 3.8) is 0 Å². The van der Waals surface area contributed by atoms with Crippen molar-refractivity contribution in [2.45, 2.75) is 46.5 Å². The first kappa shape index (κ1) is 20.7. The molecule has 29 heavy (non-hydrogen) atoms. The van der Waals surface area contributed by atoms with E-state index in [2.05, 4.69) is 32.9 Å². The average molecular weight is 389 g/mol. The van der Waals surface area contributed by atoms with E-state index >= 15 is 0 Å². The van der Waals surface area contributed by atoms with Gasteiger partial charge in [-0.05, 0) is 42.2 Å². The molecule has 0 heterocycles. The van der Waals surface area contributed by atoms with Crippen molar-refractivity contribution in [3.8, 4) is 12.1 Å². The second-order valence-corrected chi connectivity index (χ2v) is 8.76. The molecule has 1 aromatic rings. The lowest BCUT2D eigenvalue weighted by Crippen LogP contribution is -2.48. The maximum absolute atomic E-state index is 13.2. The summed E-state index contributed by atoms with van der Waals surface area (Å²) < 4.78 is 5.34. The van der Waals surface area contributed by atoms with Crippen LogP contribution >= 0.6 is 0 Å². The lowest BCUT2D eigenvalue weighted by Gasteiger charge is -2.47. The molecule has 0 amide bonds. The first-order chi connectivity index (χ1) is 13.7. The van der Waals surface area contributed by atoms with Gasteiger partial charge in [-0.1, -0.05) is 56.7 Å². The van der Waals surface area contributed by atoms with Gasteiger partial charge in [0, 0.05) is 5.92 Å². The van der Waals surface area contributed by atoms with Crippen molar-refractivity contribution in [3.05, 3.63) is 58.3 Å². The highest BCUT2D eigenvalue weighted by atomic mass is 16.5. The van der Waals surface area contributed by atoms with Gasteiger partial charge in [-0.3, -0.25) is 0 Å². The molecule has 0 saturated heterocycles. The van der Waals surface area contributed by atoms with Crippen LogP contribution in [0.15, 0.2) is 52.7 Å². The van der Waals surface area contributed by atoms with Crippen molar-refractivity contribution < 1.29 is 9.53 Å². The number of nitrogens with zero attached hydrogens (tertiary/aromatic N) is 2. The molecule has 0 unspecified atom stereocenters. The molecule has 5 heteroatoms. The zero-order chi connectivity index (χ0) is 21.4. The van der Waals surface area contributed by atoms with Crippen LogP contribution in [-0.2, 0) is 9.53 Å². The Labute approximate surface area is 172 Å². The molecule has 0 saturated carbocycles. The number of rotatable bonds is 3. The lowest BCUT2D eigenvalue weighted by atomic mass is 9.55. The third-order valence-electron chi connectivity index (χ3n) is 6.15. The predicted molar refractivity (Wildman–Crippen MR) is 110 cm³/mol. The Hall–Kier alpha value is -3.05. The zero-order valence-corrected chi connectivity index (χ0v) is 17.5. The lowest BCUT2D eigenvalue weighted by molar-refractivity contribution is -0.151. The summed E-state index contributed by atoms with van der Waals surface area (Å²) in [6.45, 7) is 8.29. The van der Waals surface area contributed by atoms with Crippen LogP contribution in [0.3, 0.4) is 0 Å². The Balaban J connectivity index is 2.40. The molecule has 5 nitrogen and oxygen atoms in total. The fourth-order valence-corrected chi connectivity index (χ4v) is 5.17. The van der Waals surface area contributed by atoms with Gasteiger partial charge in [-0.2, -0.15) is 10.5 Å². The predicted octanol–water partition coefficient (Wildman–Crippen LogP) is 4.35. The maximum Gasteiger partial charge on any atom is 0.333 e. The van der Waals surface area contributed by atoms with Crippen LogP contribution in [-0.4, -0.2) is 12.6 Å². The van der Waals surface area contributed by atoms with Crippen molar-refractivity contribution in [1.82, 2.24) is 0 Å². The third kappa shape index (κ3) is 3.12. The third-order valence-corrected chi connectivity index (χ3v) is 6.15. The second-order valence-electron chi connectivity index (χ2n) is 8.76. The van der Waals surface area contributed by atoms with Gasteiger partial charge in [0.1, 0.15) is 6.07 Å². The quantitative estimate of drug-likeness (QED) is 0.775. The van der Waals surface area contributed by atoms with Crippen LogP contribution in [0.1, 0.15) is 52.0 Å². The summed E-state index contributed by atoms with van der Waals surface area (Å²) in [5, 5.41) is 20.3. The molecule has 2 aliphatic rings. The van der Waals surface area contributed by atoms with Crippen LogP contribution in [0.4, 0.5) is 0 Å². The molecule has 3 rings (SSSR count). The molecule has 2 N–H and O–H groups in total. The van der Waals surface area contributed by atoms with Crippen molar-refractivity contribution in [2.75, 3.05) is 6.61 Å². The van der Waals surface area contributed by atoms with E-state index < -0.39 is 17.3 Å². The smallest absolute Gasteiger partial charge is 0.333 e. The molecule has 0 radical (unpaired) electrons. The fourth-order valence-electron chi connectivity index (χ4n) is 5.17. The number of hydrogen-bond donors (Lipinski definition) is 1. The first-order valence-electron chi connectivity index (χ1n) is 10.0. The molecular weight excluding hydrogens is 362 g/mol. The van der Waals surface area contributed by atoms with Gasteiger partial charge in [0.2, 0.25) is 5.41 Å². The highest BCUT2D eigenvalue weighted by Crippen LogP contribution is 2.58. The van der Waals surface area contributed by atoms with Crippen LogP contribution in [0.2, 0.25) is 0 Å². The highest BCUT2D eigenvalue weighted by molar-refractivity contribution is 5.88. The number of allylic oxidation sites excluding steroid dienone is 3. The molecule has 3 atom stereocenters. The average Bonchev–Trinajstić information content (AvgIpc) is 2.67. The Morgan fingerprint density at radius 2 is 1.93 bits per heavy atom. The van der Waals surface area contributed by atoms with Gasteiger partial charge >= 0.3 is 5.97 Å². The summed E-state index contributed by atoms with van der Waals surface area (Å²) in [5.74, 6) is -1.17. The van der Waals surface area contributed by atoms with E-state index in [4.69, 9.17) is 10.5 Å². The topological polar surface area (TPSA) is 99.9 Å². The fraction of sp³-hybridized carbons (Fsp3) is 0.458. The molecule has 0 aliphatic heterocycles. The number of nitrogens with two attached hydrogens (primary N) is 1. The second kappa shape index (κ2) is 7.41. The van der Waals surface area contributed by atoms with Gasteiger partial charge in [-0.15, -0.1) is 0 Å². The van der Waals surface area contributed by atoms with Crippen molar-refractivity contribution in [1.29, 1.82) is 10.5 Å². The molecule has 2 aliphatic carbocycles. The van der Waals surface area contributed by atoms with E-state index in [0.29, 0.717) is 6.42 Å². The Bertz CT molecular complexity index is 976. The number of ether oxygens (including phenoxy) is 1. The van der Waals surface area contributed by atoms with Gasteiger partial charge in [-0.25, -0.2) is 4.79 Å². The molecule has 0 fully saturated rings. The van der Waals surface area contributed by atoms with Crippen LogP contribution in [0.25, 0.3) is 0 Å². The van der Waals surface area contributed by atoms with E-state index in [9.17, 15) is 15.3 Å². The minimum atomic E-state index is -1.75. The zero-order valence-electron chi connectivity index (χ0n) is 17.5. The largest absolute Gasteiger partial charge is 0.464 e. The minimum absolute atomic E-state index is 0.00155. The Morgan fingerprint density at radius 1 is 1.28 bits per heavy atom. The molecule has 0 aromatic heterocycles. The Kier molecular flexibility index (Phi) is 5.28. The summed E-state index contributed by atoms with van der Waals surface area (Å²) in [6, 6.07) is 13.9. The van der Waals surface area contributed by atoms with Crippen LogP contribution in [0, 0.1) is 39.4 Å². The highest BCUT2D eigenvalue weighted by Gasteiger charge is 2.58. The van der Waals surface area contributed by atoms with Gasteiger partial charge < -0.3 is 10.5 Å². The summed E-state index contributed by atoms with van der Waals surface area (Å²) >= 11 is 0. The number of carbonyl (C=O) groups excluding carboxylic acids is 1. The summed E-state index contributed by atoms with van der Waals surface area (Å²) in [5.41, 5.74) is 7.69. The van der Waals surface area contributed by atoms with E-state index in [0.717, 1.165) is 23.1 Å². The van der Waals surface area contributed by atoms with E-state index in [-0.39, 0.29) is 29.2 Å². The van der Waals surface area contributed by atoms with E-state index in [1.807, 2.05) is 30.3 Å². The van der Waals surface area contributed by atoms with Crippen LogP contribution < -0.4 is 5.73 Å². The van der Waals surface area contributed by atoms with E-state index in [1.165, 1.54) is 0 Å². The SMILES string of the molecule is CCOC(=O)[C@]1(C#N)C(N)=C(C#N)C2=C([C@H](C)CC(C)(C)C2)[C@H]1c1ccccc1. The van der Waals surface area contributed by atoms with Gasteiger partial charge in [0.15, 0.2) is 0 Å². The summed E-state index contributed by atoms with van der Waals surface area (Å²) in [6.07, 6.45) is 1.59. The minimum Gasteiger partial charge on any atom is -0.464 e. The number of benzene rings is 1. The number of esters is 1. The number of hydrogen-bond acceptors (Lipinski definition) is 5. The van der Waals surface area contributed by atoms with Gasteiger partial charge in [0.25, 0.3) is 0 Å².